The van der Waals surface area contributed by atoms with Gasteiger partial charge in [0.15, 0.2) is 0 Å². The molecule has 20 heavy (non-hydrogen) atoms. The zero-order chi connectivity index (χ0) is 15.2. The number of aromatic nitrogens is 1. The van der Waals surface area contributed by atoms with Crippen LogP contribution in [0.5, 0.6) is 0 Å². The Morgan fingerprint density at radius 2 is 2.15 bits per heavy atom. The Balaban J connectivity index is 2.63. The summed E-state index contributed by atoms with van der Waals surface area (Å²) in [5.74, 6) is 0.910. The summed E-state index contributed by atoms with van der Waals surface area (Å²) in [6.07, 6.45) is 1.88. The van der Waals surface area contributed by atoms with Crippen LogP contribution >= 0.6 is 0 Å². The van der Waals surface area contributed by atoms with Crippen molar-refractivity contribution >= 4 is 5.82 Å². The van der Waals surface area contributed by atoms with Crippen LogP contribution in [0.3, 0.4) is 0 Å². The fourth-order valence-corrected chi connectivity index (χ4v) is 2.18. The van der Waals surface area contributed by atoms with Gasteiger partial charge in [-0.3, -0.25) is 0 Å². The molecule has 0 aromatic carbocycles. The molecule has 5 heteroatoms. The van der Waals surface area contributed by atoms with Gasteiger partial charge in [0.05, 0.1) is 12.2 Å². The number of methoxy groups -OCH3 is 1. The van der Waals surface area contributed by atoms with E-state index >= 15 is 0 Å². The van der Waals surface area contributed by atoms with Gasteiger partial charge in [-0.25, -0.2) is 4.98 Å². The Bertz CT molecular complexity index is 416. The molecule has 1 rings (SSSR count). The molecule has 0 aliphatic heterocycles. The molecule has 0 atom stereocenters. The summed E-state index contributed by atoms with van der Waals surface area (Å²) in [7, 11) is 3.64. The van der Waals surface area contributed by atoms with Crippen LogP contribution in [0.4, 0.5) is 5.82 Å². The first-order chi connectivity index (χ1) is 9.33. The van der Waals surface area contributed by atoms with Crippen molar-refractivity contribution in [2.24, 2.45) is 0 Å². The number of nitrogens with one attached hydrogen (secondary N) is 1. The third kappa shape index (κ3) is 5.86. The lowest BCUT2D eigenvalue weighted by Gasteiger charge is -2.27. The summed E-state index contributed by atoms with van der Waals surface area (Å²) in [5, 5.41) is 13.2. The number of likely N-dealkylation sites (N-methyl/N-ethyl adjacent to an activating group) is 1. The first-order valence-electron chi connectivity index (χ1n) is 6.92. The highest BCUT2D eigenvalue weighted by Gasteiger charge is 2.17. The minimum atomic E-state index is -0.733. The third-order valence-electron chi connectivity index (χ3n) is 2.91. The third-order valence-corrected chi connectivity index (χ3v) is 2.91. The van der Waals surface area contributed by atoms with Crippen molar-refractivity contribution in [1.29, 1.82) is 0 Å². The van der Waals surface area contributed by atoms with Gasteiger partial charge >= 0.3 is 0 Å². The van der Waals surface area contributed by atoms with E-state index < -0.39 is 5.60 Å². The molecule has 0 aliphatic rings. The number of hydrogen-bond donors (Lipinski definition) is 2. The second kappa shape index (κ2) is 7.57. The maximum atomic E-state index is 9.87. The maximum Gasteiger partial charge on any atom is 0.131 e. The Kier molecular flexibility index (Phi) is 6.39. The van der Waals surface area contributed by atoms with Crippen LogP contribution in [-0.4, -0.2) is 49.5 Å². The van der Waals surface area contributed by atoms with Crippen LogP contribution in [0.2, 0.25) is 0 Å². The molecule has 1 heterocycles. The smallest absolute Gasteiger partial charge is 0.131 e. The largest absolute Gasteiger partial charge is 0.389 e. The Morgan fingerprint density at radius 1 is 1.45 bits per heavy atom. The van der Waals surface area contributed by atoms with Crippen molar-refractivity contribution in [1.82, 2.24) is 10.3 Å². The second-order valence-electron chi connectivity index (χ2n) is 5.82. The quantitative estimate of drug-likeness (QED) is 0.704. The van der Waals surface area contributed by atoms with Crippen LogP contribution < -0.4 is 10.2 Å². The SMILES string of the molecule is COCCNCc1cnc(N(C)CC(C)(C)O)c(C)c1. The summed E-state index contributed by atoms with van der Waals surface area (Å²) in [4.78, 5) is 6.49. The highest BCUT2D eigenvalue weighted by molar-refractivity contribution is 5.47. The van der Waals surface area contributed by atoms with E-state index in [1.165, 1.54) is 0 Å². The van der Waals surface area contributed by atoms with E-state index in [0.29, 0.717) is 13.2 Å². The molecule has 0 saturated heterocycles. The number of anilines is 1. The van der Waals surface area contributed by atoms with Crippen LogP contribution in [-0.2, 0) is 11.3 Å². The molecule has 0 unspecified atom stereocenters. The van der Waals surface area contributed by atoms with E-state index in [9.17, 15) is 5.11 Å². The van der Waals surface area contributed by atoms with Gasteiger partial charge in [0.1, 0.15) is 5.82 Å². The van der Waals surface area contributed by atoms with Gasteiger partial charge in [-0.15, -0.1) is 0 Å². The number of ether oxygens (including phenoxy) is 1. The lowest BCUT2D eigenvalue weighted by Crippen LogP contribution is -2.37. The first-order valence-corrected chi connectivity index (χ1v) is 6.92. The van der Waals surface area contributed by atoms with Crippen LogP contribution in [0.25, 0.3) is 0 Å². The zero-order valence-corrected chi connectivity index (χ0v) is 13.2. The van der Waals surface area contributed by atoms with Crippen LogP contribution in [0.1, 0.15) is 25.0 Å². The summed E-state index contributed by atoms with van der Waals surface area (Å²) in [6.45, 7) is 8.51. The van der Waals surface area contributed by atoms with Gasteiger partial charge in [-0.2, -0.15) is 0 Å². The van der Waals surface area contributed by atoms with Crippen molar-refractivity contribution in [2.75, 3.05) is 38.8 Å². The maximum absolute atomic E-state index is 9.87. The molecule has 1 aromatic heterocycles. The standard InChI is InChI=1S/C15H27N3O2/c1-12-8-13(9-16-6-7-20-5)10-17-14(12)18(4)11-15(2,3)19/h8,10,16,19H,6-7,9,11H2,1-5H3. The lowest BCUT2D eigenvalue weighted by molar-refractivity contribution is 0.0884. The number of nitrogens with zero attached hydrogens (tertiary/aromatic N) is 2. The minimum Gasteiger partial charge on any atom is -0.389 e. The molecule has 2 N–H and O–H groups in total. The van der Waals surface area contributed by atoms with E-state index in [1.807, 2.05) is 25.1 Å². The van der Waals surface area contributed by atoms with Gasteiger partial charge < -0.3 is 20.1 Å². The zero-order valence-electron chi connectivity index (χ0n) is 13.2. The number of pyridine rings is 1. The predicted octanol–water partition coefficient (Wildman–Crippen LogP) is 1.33. The average Bonchev–Trinajstić information content (AvgIpc) is 2.32. The van der Waals surface area contributed by atoms with Crippen molar-refractivity contribution in [3.05, 3.63) is 23.4 Å². The van der Waals surface area contributed by atoms with E-state index in [4.69, 9.17) is 4.74 Å². The second-order valence-corrected chi connectivity index (χ2v) is 5.82. The van der Waals surface area contributed by atoms with Crippen LogP contribution in [0, 0.1) is 6.92 Å². The fourth-order valence-electron chi connectivity index (χ4n) is 2.18. The highest BCUT2D eigenvalue weighted by Crippen LogP contribution is 2.18. The monoisotopic (exact) mass is 281 g/mol. The van der Waals surface area contributed by atoms with E-state index in [2.05, 4.69) is 16.4 Å². The molecule has 0 spiro atoms. The van der Waals surface area contributed by atoms with Crippen molar-refractivity contribution in [3.63, 3.8) is 0 Å². The van der Waals surface area contributed by atoms with Gasteiger partial charge in [0.2, 0.25) is 0 Å². The van der Waals surface area contributed by atoms with Gasteiger partial charge in [-0.05, 0) is 38.0 Å². The van der Waals surface area contributed by atoms with Gasteiger partial charge in [0.25, 0.3) is 0 Å². The van der Waals surface area contributed by atoms with Crippen molar-refractivity contribution < 1.29 is 9.84 Å². The molecule has 114 valence electrons. The summed E-state index contributed by atoms with van der Waals surface area (Å²) in [6, 6.07) is 2.13. The summed E-state index contributed by atoms with van der Waals surface area (Å²) < 4.78 is 4.99. The Morgan fingerprint density at radius 3 is 2.70 bits per heavy atom. The summed E-state index contributed by atoms with van der Waals surface area (Å²) in [5.41, 5.74) is 1.53. The van der Waals surface area contributed by atoms with E-state index in [0.717, 1.165) is 30.0 Å². The molecule has 0 aliphatic carbocycles. The molecular formula is C15H27N3O2. The minimum absolute atomic E-state index is 0.548. The average molecular weight is 281 g/mol. The van der Waals surface area contributed by atoms with E-state index in [-0.39, 0.29) is 0 Å². The molecule has 0 fully saturated rings. The number of aryl methyl sites for hydroxylation is 1. The Hall–Kier alpha value is -1.17. The summed E-state index contributed by atoms with van der Waals surface area (Å²) >= 11 is 0. The first kappa shape index (κ1) is 16.9. The lowest BCUT2D eigenvalue weighted by atomic mass is 10.1. The van der Waals surface area contributed by atoms with Gasteiger partial charge in [-0.1, -0.05) is 0 Å². The molecule has 0 bridgehead atoms. The molecule has 0 amide bonds. The van der Waals surface area contributed by atoms with E-state index in [1.54, 1.807) is 21.0 Å². The number of aliphatic hydroxyl groups is 1. The molecule has 1 aromatic rings. The Labute approximate surface area is 122 Å². The molecule has 0 saturated carbocycles. The van der Waals surface area contributed by atoms with Crippen molar-refractivity contribution in [3.8, 4) is 0 Å². The topological polar surface area (TPSA) is 57.6 Å². The molecule has 0 radical (unpaired) electrons. The molecular weight excluding hydrogens is 254 g/mol. The van der Waals surface area contributed by atoms with Crippen LogP contribution in [0.15, 0.2) is 12.3 Å². The number of hydrogen-bond acceptors (Lipinski definition) is 5. The molecule has 5 nitrogen and oxygen atoms in total. The predicted molar refractivity (Wildman–Crippen MR) is 82.1 cm³/mol. The fraction of sp³-hybridized carbons (Fsp3) is 0.667. The normalized spacial score (nSPS) is 11.7. The number of rotatable bonds is 8. The van der Waals surface area contributed by atoms with Gasteiger partial charge in [0, 0.05) is 40.0 Å². The van der Waals surface area contributed by atoms with Crippen molar-refractivity contribution in [2.45, 2.75) is 32.9 Å². The highest BCUT2D eigenvalue weighted by atomic mass is 16.5.